The number of piperidine rings is 1. The zero-order chi connectivity index (χ0) is 17.2. The molecule has 1 N–H and O–H groups in total. The van der Waals surface area contributed by atoms with E-state index in [1.54, 1.807) is 0 Å². The highest BCUT2D eigenvalue weighted by atomic mass is 32.2. The maximum absolute atomic E-state index is 11.8. The first-order valence-corrected chi connectivity index (χ1v) is 9.31. The van der Waals surface area contributed by atoms with E-state index in [1.165, 1.54) is 17.3 Å². The summed E-state index contributed by atoms with van der Waals surface area (Å²) >= 11 is 1.52. The third-order valence-electron chi connectivity index (χ3n) is 3.72. The van der Waals surface area contributed by atoms with Crippen molar-refractivity contribution in [2.45, 2.75) is 42.8 Å². The summed E-state index contributed by atoms with van der Waals surface area (Å²) in [7, 11) is 0. The molecule has 0 bridgehead atoms. The van der Waals surface area contributed by atoms with E-state index in [0.717, 1.165) is 31.0 Å². The molecule has 1 aliphatic heterocycles. The topological polar surface area (TPSA) is 64.6 Å². The number of nitrogens with one attached hydrogen (secondary N) is 1. The fraction of sp³-hybridized carbons (Fsp3) is 0.556. The van der Waals surface area contributed by atoms with E-state index in [0.29, 0.717) is 26.1 Å². The quantitative estimate of drug-likeness (QED) is 0.518. The molecule has 5 nitrogen and oxygen atoms in total. The van der Waals surface area contributed by atoms with Crippen LogP contribution in [-0.2, 0) is 25.5 Å². The lowest BCUT2D eigenvalue weighted by Gasteiger charge is -2.20. The molecule has 2 rings (SSSR count). The van der Waals surface area contributed by atoms with Crippen LogP contribution >= 0.6 is 11.8 Å². The third kappa shape index (κ3) is 6.63. The second kappa shape index (κ2) is 10.5. The van der Waals surface area contributed by atoms with Crippen LogP contribution in [0.5, 0.6) is 0 Å². The van der Waals surface area contributed by atoms with Gasteiger partial charge in [0.2, 0.25) is 11.8 Å². The minimum Gasteiger partial charge on any atom is -0.379 e. The van der Waals surface area contributed by atoms with Gasteiger partial charge < -0.3 is 9.47 Å². The van der Waals surface area contributed by atoms with Crippen LogP contribution in [0.15, 0.2) is 29.2 Å². The van der Waals surface area contributed by atoms with Crippen LogP contribution in [0.3, 0.4) is 0 Å². The molecule has 132 valence electrons. The Hall–Kier alpha value is -1.37. The number of hydrogen-bond acceptors (Lipinski definition) is 5. The van der Waals surface area contributed by atoms with Crippen LogP contribution in [0, 0.1) is 0 Å². The van der Waals surface area contributed by atoms with E-state index in [4.69, 9.17) is 9.47 Å². The van der Waals surface area contributed by atoms with Crippen molar-refractivity contribution < 1.29 is 19.1 Å². The smallest absolute Gasteiger partial charge is 0.240 e. The maximum atomic E-state index is 11.8. The summed E-state index contributed by atoms with van der Waals surface area (Å²) in [5, 5.41) is 2.22. The van der Waals surface area contributed by atoms with Gasteiger partial charge in [0.1, 0.15) is 0 Å². The monoisotopic (exact) mass is 351 g/mol. The maximum Gasteiger partial charge on any atom is 0.240 e. The first kappa shape index (κ1) is 19.0. The number of carbonyl (C=O) groups excluding carboxylic acids is 2. The average molecular weight is 351 g/mol. The number of thioether (sulfide) groups is 1. The van der Waals surface area contributed by atoms with Gasteiger partial charge >= 0.3 is 0 Å². The number of rotatable bonds is 10. The lowest BCUT2D eigenvalue weighted by molar-refractivity contribution is -0.132. The number of benzene rings is 1. The standard InChI is InChI=1S/C18H25NO4S/c1-2-22-12-13-23-11-3-4-14-5-7-15(8-6-14)24-16-9-10-17(20)19-18(16)21/h5-8,16H,2-4,9-13H2,1H3,(H,19,20,21). The minimum absolute atomic E-state index is 0.171. The fourth-order valence-corrected chi connectivity index (χ4v) is 3.45. The van der Waals surface area contributed by atoms with Crippen molar-refractivity contribution in [1.82, 2.24) is 5.32 Å². The molecule has 24 heavy (non-hydrogen) atoms. The molecule has 1 fully saturated rings. The lowest BCUT2D eigenvalue weighted by Crippen LogP contribution is -2.42. The van der Waals surface area contributed by atoms with Crippen molar-refractivity contribution in [3.8, 4) is 0 Å². The second-order valence-electron chi connectivity index (χ2n) is 5.61. The van der Waals surface area contributed by atoms with Gasteiger partial charge in [0, 0.05) is 24.5 Å². The summed E-state index contributed by atoms with van der Waals surface area (Å²) in [6.45, 7) is 4.74. The summed E-state index contributed by atoms with van der Waals surface area (Å²) in [6.07, 6.45) is 2.98. The predicted octanol–water partition coefficient (Wildman–Crippen LogP) is 2.57. The summed E-state index contributed by atoms with van der Waals surface area (Å²) in [6, 6.07) is 8.27. The number of carbonyl (C=O) groups is 2. The molecule has 1 unspecified atom stereocenters. The number of imide groups is 1. The molecule has 0 spiro atoms. The van der Waals surface area contributed by atoms with Crippen molar-refractivity contribution in [2.24, 2.45) is 0 Å². The predicted molar refractivity (Wildman–Crippen MR) is 94.1 cm³/mol. The molecule has 0 saturated carbocycles. The highest BCUT2D eigenvalue weighted by molar-refractivity contribution is 8.00. The summed E-state index contributed by atoms with van der Waals surface area (Å²) in [5.74, 6) is -0.347. The van der Waals surface area contributed by atoms with E-state index < -0.39 is 0 Å². The first-order valence-electron chi connectivity index (χ1n) is 8.44. The van der Waals surface area contributed by atoms with Crippen molar-refractivity contribution in [2.75, 3.05) is 26.4 Å². The van der Waals surface area contributed by atoms with Crippen LogP contribution in [0.2, 0.25) is 0 Å². The van der Waals surface area contributed by atoms with Gasteiger partial charge in [0.05, 0.1) is 18.5 Å². The second-order valence-corrected chi connectivity index (χ2v) is 6.89. The highest BCUT2D eigenvalue weighted by Gasteiger charge is 2.27. The van der Waals surface area contributed by atoms with Gasteiger partial charge in [-0.25, -0.2) is 0 Å². The number of aryl methyl sites for hydroxylation is 1. The largest absolute Gasteiger partial charge is 0.379 e. The van der Waals surface area contributed by atoms with E-state index in [9.17, 15) is 9.59 Å². The molecule has 1 aromatic rings. The number of amides is 2. The van der Waals surface area contributed by atoms with Gasteiger partial charge in [-0.2, -0.15) is 0 Å². The van der Waals surface area contributed by atoms with Crippen LogP contribution in [0.4, 0.5) is 0 Å². The minimum atomic E-state index is -0.176. The van der Waals surface area contributed by atoms with Gasteiger partial charge in [0.15, 0.2) is 0 Å². The summed E-state index contributed by atoms with van der Waals surface area (Å²) < 4.78 is 10.7. The molecule has 1 aliphatic rings. The molecule has 1 heterocycles. The SMILES string of the molecule is CCOCCOCCCc1ccc(SC2CCC(=O)NC2=O)cc1. The molecule has 2 amide bonds. The molecule has 1 atom stereocenters. The normalized spacial score (nSPS) is 17.8. The molecule has 1 saturated heterocycles. The van der Waals surface area contributed by atoms with Gasteiger partial charge in [-0.05, 0) is 43.9 Å². The van der Waals surface area contributed by atoms with Gasteiger partial charge in [-0.15, -0.1) is 11.8 Å². The Bertz CT molecular complexity index is 532. The van der Waals surface area contributed by atoms with Crippen molar-refractivity contribution in [1.29, 1.82) is 0 Å². The van der Waals surface area contributed by atoms with Crippen LogP contribution < -0.4 is 5.32 Å². The number of ether oxygens (including phenoxy) is 2. The van der Waals surface area contributed by atoms with Crippen LogP contribution in [-0.4, -0.2) is 43.5 Å². The Balaban J connectivity index is 1.67. The number of hydrogen-bond donors (Lipinski definition) is 1. The molecule has 0 aliphatic carbocycles. The molecular weight excluding hydrogens is 326 g/mol. The highest BCUT2D eigenvalue weighted by Crippen LogP contribution is 2.28. The first-order chi connectivity index (χ1) is 11.7. The van der Waals surface area contributed by atoms with Gasteiger partial charge in [0.25, 0.3) is 0 Å². The third-order valence-corrected chi connectivity index (χ3v) is 5.00. The Kier molecular flexibility index (Phi) is 8.28. The van der Waals surface area contributed by atoms with Crippen molar-refractivity contribution in [3.05, 3.63) is 29.8 Å². The van der Waals surface area contributed by atoms with Gasteiger partial charge in [-0.1, -0.05) is 12.1 Å². The zero-order valence-corrected chi connectivity index (χ0v) is 14.9. The molecule has 1 aromatic carbocycles. The lowest BCUT2D eigenvalue weighted by atomic mass is 10.1. The zero-order valence-electron chi connectivity index (χ0n) is 14.1. The summed E-state index contributed by atoms with van der Waals surface area (Å²) in [4.78, 5) is 24.0. The fourth-order valence-electron chi connectivity index (χ4n) is 2.43. The van der Waals surface area contributed by atoms with Crippen LogP contribution in [0.25, 0.3) is 0 Å². The molecule has 6 heteroatoms. The Morgan fingerprint density at radius 1 is 1.12 bits per heavy atom. The van der Waals surface area contributed by atoms with Crippen LogP contribution in [0.1, 0.15) is 31.7 Å². The van der Waals surface area contributed by atoms with E-state index in [-0.39, 0.29) is 17.1 Å². The van der Waals surface area contributed by atoms with E-state index in [2.05, 4.69) is 17.4 Å². The van der Waals surface area contributed by atoms with Crippen molar-refractivity contribution in [3.63, 3.8) is 0 Å². The van der Waals surface area contributed by atoms with Crippen molar-refractivity contribution >= 4 is 23.6 Å². The Morgan fingerprint density at radius 2 is 1.88 bits per heavy atom. The van der Waals surface area contributed by atoms with Gasteiger partial charge in [-0.3, -0.25) is 14.9 Å². The molecular formula is C18H25NO4S. The molecule has 0 radical (unpaired) electrons. The van der Waals surface area contributed by atoms with E-state index in [1.807, 2.05) is 19.1 Å². The summed E-state index contributed by atoms with van der Waals surface area (Å²) in [5.41, 5.74) is 1.26. The Morgan fingerprint density at radius 3 is 2.58 bits per heavy atom. The molecule has 0 aromatic heterocycles. The Labute approximate surface area is 147 Å². The van der Waals surface area contributed by atoms with E-state index >= 15 is 0 Å². The average Bonchev–Trinajstić information content (AvgIpc) is 2.58.